The molecule has 0 radical (unpaired) electrons. The summed E-state index contributed by atoms with van der Waals surface area (Å²) >= 11 is 0. The van der Waals surface area contributed by atoms with Gasteiger partial charge in [-0.25, -0.2) is 0 Å². The van der Waals surface area contributed by atoms with Crippen LogP contribution in [0.5, 0.6) is 0 Å². The average molecular weight is 176 g/mol. The van der Waals surface area contributed by atoms with Crippen LogP contribution in [0.15, 0.2) is 35.4 Å². The first kappa shape index (κ1) is 9.45. The highest BCUT2D eigenvalue weighted by atomic mass is 16.1. The normalized spacial score (nSPS) is 10.2. The fourth-order valence-corrected chi connectivity index (χ4v) is 0.783. The van der Waals surface area contributed by atoms with E-state index in [1.807, 2.05) is 30.3 Å². The van der Waals surface area contributed by atoms with Crippen LogP contribution in [0.3, 0.4) is 0 Å². The number of nitrogens with zero attached hydrogens (tertiary/aromatic N) is 1. The Morgan fingerprint density at radius 3 is 2.77 bits per heavy atom. The maximum Gasteiger partial charge on any atom is 0.175 e. The highest BCUT2D eigenvalue weighted by Crippen LogP contribution is 2.03. The van der Waals surface area contributed by atoms with Crippen LogP contribution >= 0.6 is 0 Å². The van der Waals surface area contributed by atoms with Gasteiger partial charge in [0, 0.05) is 6.42 Å². The van der Waals surface area contributed by atoms with E-state index in [4.69, 9.17) is 0 Å². The monoisotopic (exact) mass is 176 g/mol. The molecule has 0 atom stereocenters. The minimum atomic E-state index is 0.0171. The lowest BCUT2D eigenvalue weighted by atomic mass is 10.3. The second-order valence-electron chi connectivity index (χ2n) is 2.56. The molecule has 13 heavy (non-hydrogen) atoms. The molecule has 1 N–H and O–H groups in total. The highest BCUT2D eigenvalue weighted by molar-refractivity contribution is 6.27. The van der Waals surface area contributed by atoms with Gasteiger partial charge in [-0.05, 0) is 12.1 Å². The van der Waals surface area contributed by atoms with Gasteiger partial charge in [-0.1, -0.05) is 25.1 Å². The fourth-order valence-electron chi connectivity index (χ4n) is 0.783. The lowest BCUT2D eigenvalue weighted by Crippen LogP contribution is -1.98. The Kier molecular flexibility index (Phi) is 3.70. The van der Waals surface area contributed by atoms with Crippen molar-refractivity contribution in [3.8, 4) is 0 Å². The molecule has 0 bridgehead atoms. The molecule has 1 rings (SSSR count). The molecule has 0 aliphatic rings. The predicted octanol–water partition coefficient (Wildman–Crippen LogP) is 2.06. The molecule has 0 saturated carbocycles. The smallest absolute Gasteiger partial charge is 0.175 e. The number of hydrazone groups is 1. The lowest BCUT2D eigenvalue weighted by molar-refractivity contribution is -0.112. The SMILES string of the molecule is CCC(=O)/C=N/Nc1ccccc1. The Labute approximate surface area is 77.5 Å². The number of Topliss-reactive ketones (excluding diaryl/α,β-unsaturated/α-hetero) is 1. The van der Waals surface area contributed by atoms with Crippen LogP contribution in [0, 0.1) is 0 Å². The zero-order valence-corrected chi connectivity index (χ0v) is 7.53. The van der Waals surface area contributed by atoms with E-state index in [-0.39, 0.29) is 5.78 Å². The summed E-state index contributed by atoms with van der Waals surface area (Å²) in [4.78, 5) is 10.8. The minimum absolute atomic E-state index is 0.0171. The molecular weight excluding hydrogens is 164 g/mol. The third kappa shape index (κ3) is 3.51. The third-order valence-electron chi connectivity index (χ3n) is 1.52. The van der Waals surface area contributed by atoms with Crippen LogP contribution in [-0.4, -0.2) is 12.0 Å². The van der Waals surface area contributed by atoms with Crippen molar-refractivity contribution in [2.45, 2.75) is 13.3 Å². The van der Waals surface area contributed by atoms with Crippen LogP contribution in [0.25, 0.3) is 0 Å². The topological polar surface area (TPSA) is 41.5 Å². The Morgan fingerprint density at radius 1 is 1.46 bits per heavy atom. The van der Waals surface area contributed by atoms with Crippen molar-refractivity contribution < 1.29 is 4.79 Å². The molecule has 3 heteroatoms. The van der Waals surface area contributed by atoms with E-state index in [1.54, 1.807) is 6.92 Å². The van der Waals surface area contributed by atoms with Gasteiger partial charge in [-0.3, -0.25) is 10.2 Å². The van der Waals surface area contributed by atoms with Gasteiger partial charge in [0.15, 0.2) is 5.78 Å². The summed E-state index contributed by atoms with van der Waals surface area (Å²) in [5.41, 5.74) is 3.64. The number of carbonyl (C=O) groups excluding carboxylic acids is 1. The summed E-state index contributed by atoms with van der Waals surface area (Å²) in [6.45, 7) is 1.80. The number of hydrogen-bond donors (Lipinski definition) is 1. The molecular formula is C10H12N2O. The van der Waals surface area contributed by atoms with E-state index in [0.717, 1.165) is 5.69 Å². The summed E-state index contributed by atoms with van der Waals surface area (Å²) in [7, 11) is 0. The Balaban J connectivity index is 2.44. The molecule has 0 spiro atoms. The molecule has 0 heterocycles. The van der Waals surface area contributed by atoms with Gasteiger partial charge >= 0.3 is 0 Å². The predicted molar refractivity (Wildman–Crippen MR) is 53.9 cm³/mol. The van der Waals surface area contributed by atoms with Crippen molar-refractivity contribution in [2.75, 3.05) is 5.43 Å². The largest absolute Gasteiger partial charge is 0.293 e. The Hall–Kier alpha value is -1.64. The Morgan fingerprint density at radius 2 is 2.15 bits per heavy atom. The molecule has 1 aromatic carbocycles. The van der Waals surface area contributed by atoms with Crippen LogP contribution in [-0.2, 0) is 4.79 Å². The number of rotatable bonds is 4. The van der Waals surface area contributed by atoms with Gasteiger partial charge in [0.25, 0.3) is 0 Å². The highest BCUT2D eigenvalue weighted by Gasteiger charge is 1.89. The second-order valence-corrected chi connectivity index (χ2v) is 2.56. The van der Waals surface area contributed by atoms with Gasteiger partial charge < -0.3 is 0 Å². The van der Waals surface area contributed by atoms with Gasteiger partial charge in [0.1, 0.15) is 0 Å². The van der Waals surface area contributed by atoms with Crippen molar-refractivity contribution in [3.05, 3.63) is 30.3 Å². The summed E-state index contributed by atoms with van der Waals surface area (Å²) in [6.07, 6.45) is 1.78. The van der Waals surface area contributed by atoms with E-state index >= 15 is 0 Å². The van der Waals surface area contributed by atoms with E-state index in [2.05, 4.69) is 10.5 Å². The maximum absolute atomic E-state index is 10.8. The molecule has 0 aliphatic carbocycles. The lowest BCUT2D eigenvalue weighted by Gasteiger charge is -1.96. The maximum atomic E-state index is 10.8. The molecule has 0 aromatic heterocycles. The number of para-hydroxylation sites is 1. The number of carbonyl (C=O) groups is 1. The van der Waals surface area contributed by atoms with Crippen molar-refractivity contribution in [3.63, 3.8) is 0 Å². The van der Waals surface area contributed by atoms with Crippen LogP contribution in [0.4, 0.5) is 5.69 Å². The van der Waals surface area contributed by atoms with Crippen molar-refractivity contribution in [1.29, 1.82) is 0 Å². The molecule has 0 fully saturated rings. The summed E-state index contributed by atoms with van der Waals surface area (Å²) in [5, 5.41) is 3.79. The first-order valence-electron chi connectivity index (χ1n) is 4.20. The number of hydrogen-bond acceptors (Lipinski definition) is 3. The molecule has 0 saturated heterocycles. The zero-order valence-electron chi connectivity index (χ0n) is 7.53. The van der Waals surface area contributed by atoms with Crippen molar-refractivity contribution in [2.24, 2.45) is 5.10 Å². The molecule has 0 unspecified atom stereocenters. The number of anilines is 1. The fraction of sp³-hybridized carbons (Fsp3) is 0.200. The van der Waals surface area contributed by atoms with Crippen molar-refractivity contribution in [1.82, 2.24) is 0 Å². The molecule has 1 aromatic rings. The number of nitrogens with one attached hydrogen (secondary N) is 1. The van der Waals surface area contributed by atoms with Crippen LogP contribution in [0.1, 0.15) is 13.3 Å². The van der Waals surface area contributed by atoms with E-state index in [0.29, 0.717) is 6.42 Å². The first-order valence-corrected chi connectivity index (χ1v) is 4.20. The van der Waals surface area contributed by atoms with Crippen molar-refractivity contribution >= 4 is 17.7 Å². The van der Waals surface area contributed by atoms with Crippen LogP contribution in [0.2, 0.25) is 0 Å². The Bertz CT molecular complexity index is 293. The zero-order chi connectivity index (χ0) is 9.52. The molecule has 3 nitrogen and oxygen atoms in total. The van der Waals surface area contributed by atoms with Gasteiger partial charge in [-0.2, -0.15) is 5.10 Å². The number of benzene rings is 1. The standard InChI is InChI=1S/C10H12N2O/c1-2-10(13)8-11-12-9-6-4-3-5-7-9/h3-8,12H,2H2,1H3/b11-8+. The quantitative estimate of drug-likeness (QED) is 0.563. The molecule has 0 aliphatic heterocycles. The van der Waals surface area contributed by atoms with Crippen LogP contribution < -0.4 is 5.43 Å². The summed E-state index contributed by atoms with van der Waals surface area (Å²) < 4.78 is 0. The molecule has 0 amide bonds. The first-order chi connectivity index (χ1) is 6.33. The van der Waals surface area contributed by atoms with Gasteiger partial charge in [-0.15, -0.1) is 0 Å². The average Bonchev–Trinajstić information content (AvgIpc) is 2.19. The van der Waals surface area contributed by atoms with Gasteiger partial charge in [0.2, 0.25) is 0 Å². The second kappa shape index (κ2) is 5.09. The minimum Gasteiger partial charge on any atom is -0.293 e. The summed E-state index contributed by atoms with van der Waals surface area (Å²) in [6, 6.07) is 9.49. The van der Waals surface area contributed by atoms with E-state index < -0.39 is 0 Å². The van der Waals surface area contributed by atoms with E-state index in [1.165, 1.54) is 6.21 Å². The summed E-state index contributed by atoms with van der Waals surface area (Å²) in [5.74, 6) is 0.0171. The van der Waals surface area contributed by atoms with Gasteiger partial charge in [0.05, 0.1) is 11.9 Å². The third-order valence-corrected chi connectivity index (χ3v) is 1.52. The van der Waals surface area contributed by atoms with E-state index in [9.17, 15) is 4.79 Å². The molecule has 68 valence electrons. The number of ketones is 1.